The van der Waals surface area contributed by atoms with Gasteiger partial charge in [-0.15, -0.1) is 0 Å². The SMILES string of the molecule is COC(=O)NCCCCC(NC(=O)OC)C1CC1N=[N+]=[N-]. The summed E-state index contributed by atoms with van der Waals surface area (Å²) in [6, 6.07) is -0.128. The molecule has 0 aromatic carbocycles. The van der Waals surface area contributed by atoms with Gasteiger partial charge in [-0.3, -0.25) is 0 Å². The molecule has 3 atom stereocenters. The monoisotopic (exact) mass is 299 g/mol. The van der Waals surface area contributed by atoms with E-state index < -0.39 is 12.2 Å². The number of azide groups is 1. The molecule has 0 heterocycles. The topological polar surface area (TPSA) is 125 Å². The Bertz CT molecular complexity index is 410. The fourth-order valence-corrected chi connectivity index (χ4v) is 2.19. The van der Waals surface area contributed by atoms with Crippen molar-refractivity contribution in [1.29, 1.82) is 0 Å². The minimum absolute atomic E-state index is 0.0506. The van der Waals surface area contributed by atoms with Crippen LogP contribution in [0.1, 0.15) is 25.7 Å². The van der Waals surface area contributed by atoms with Crippen molar-refractivity contribution < 1.29 is 19.1 Å². The molecule has 2 amide bonds. The summed E-state index contributed by atoms with van der Waals surface area (Å²) in [5.41, 5.74) is 8.42. The second-order valence-electron chi connectivity index (χ2n) is 4.83. The summed E-state index contributed by atoms with van der Waals surface area (Å²) in [6.45, 7) is 0.516. The first-order chi connectivity index (χ1) is 10.1. The number of methoxy groups -OCH3 is 2. The molecule has 3 unspecified atom stereocenters. The molecule has 1 aliphatic carbocycles. The van der Waals surface area contributed by atoms with E-state index in [0.29, 0.717) is 6.54 Å². The molecule has 2 N–H and O–H groups in total. The lowest BCUT2D eigenvalue weighted by Crippen LogP contribution is -2.37. The van der Waals surface area contributed by atoms with Gasteiger partial charge in [-0.05, 0) is 37.1 Å². The minimum atomic E-state index is -0.487. The third-order valence-electron chi connectivity index (χ3n) is 3.41. The highest BCUT2D eigenvalue weighted by atomic mass is 16.5. The Morgan fingerprint density at radius 3 is 2.67 bits per heavy atom. The van der Waals surface area contributed by atoms with Crippen molar-refractivity contribution >= 4 is 12.2 Å². The van der Waals surface area contributed by atoms with Crippen molar-refractivity contribution in [3.05, 3.63) is 10.4 Å². The molecule has 0 bridgehead atoms. The summed E-state index contributed by atoms with van der Waals surface area (Å²) in [6.07, 6.45) is 2.16. The molecular weight excluding hydrogens is 278 g/mol. The molecule has 9 nitrogen and oxygen atoms in total. The molecule has 9 heteroatoms. The molecule has 0 aromatic rings. The Hall–Kier alpha value is -2.15. The Kier molecular flexibility index (Phi) is 7.17. The van der Waals surface area contributed by atoms with Gasteiger partial charge in [-0.2, -0.15) is 0 Å². The predicted octanol–water partition coefficient (Wildman–Crippen LogP) is 1.94. The van der Waals surface area contributed by atoms with Gasteiger partial charge in [0.25, 0.3) is 0 Å². The lowest BCUT2D eigenvalue weighted by atomic mass is 10.0. The van der Waals surface area contributed by atoms with Crippen LogP contribution in [0.25, 0.3) is 10.4 Å². The maximum atomic E-state index is 11.3. The van der Waals surface area contributed by atoms with Crippen LogP contribution in [-0.4, -0.2) is 45.0 Å². The summed E-state index contributed by atoms with van der Waals surface area (Å²) in [5.74, 6) is 0.161. The number of carbonyl (C=O) groups is 2. The molecule has 118 valence electrons. The van der Waals surface area contributed by atoms with Gasteiger partial charge in [-0.1, -0.05) is 5.11 Å². The van der Waals surface area contributed by atoms with Crippen LogP contribution in [0.15, 0.2) is 5.11 Å². The lowest BCUT2D eigenvalue weighted by molar-refractivity contribution is 0.164. The van der Waals surface area contributed by atoms with Crippen molar-refractivity contribution in [2.75, 3.05) is 20.8 Å². The van der Waals surface area contributed by atoms with E-state index in [-0.39, 0.29) is 18.0 Å². The van der Waals surface area contributed by atoms with Crippen LogP contribution in [0.4, 0.5) is 9.59 Å². The van der Waals surface area contributed by atoms with Gasteiger partial charge >= 0.3 is 12.2 Å². The maximum absolute atomic E-state index is 11.3. The standard InChI is InChI=1S/C12H21N5O4/c1-20-11(18)14-6-4-3-5-9(15-12(19)21-2)8-7-10(8)16-17-13/h8-10H,3-7H2,1-2H3,(H,14,18)(H,15,19). The molecule has 1 fully saturated rings. The third kappa shape index (κ3) is 6.22. The number of carbonyl (C=O) groups excluding carboxylic acids is 2. The third-order valence-corrected chi connectivity index (χ3v) is 3.41. The largest absolute Gasteiger partial charge is 0.453 e. The minimum Gasteiger partial charge on any atom is -0.453 e. The molecule has 0 aromatic heterocycles. The first kappa shape index (κ1) is 16.9. The number of nitrogens with one attached hydrogen (secondary N) is 2. The van der Waals surface area contributed by atoms with E-state index in [1.165, 1.54) is 14.2 Å². The van der Waals surface area contributed by atoms with Gasteiger partial charge in [0, 0.05) is 23.5 Å². The molecule has 0 radical (unpaired) electrons. The maximum Gasteiger partial charge on any atom is 0.407 e. The summed E-state index contributed by atoms with van der Waals surface area (Å²) in [4.78, 5) is 25.0. The fourth-order valence-electron chi connectivity index (χ4n) is 2.19. The average molecular weight is 299 g/mol. The normalized spacial score (nSPS) is 20.7. The number of amides is 2. The zero-order valence-electron chi connectivity index (χ0n) is 12.2. The number of hydrogen-bond acceptors (Lipinski definition) is 5. The molecule has 0 spiro atoms. The molecule has 0 saturated heterocycles. The van der Waals surface area contributed by atoms with Crippen LogP contribution < -0.4 is 10.6 Å². The first-order valence-corrected chi connectivity index (χ1v) is 6.82. The van der Waals surface area contributed by atoms with Crippen LogP contribution in [0.2, 0.25) is 0 Å². The first-order valence-electron chi connectivity index (χ1n) is 6.82. The number of alkyl carbamates (subject to hydrolysis) is 2. The quantitative estimate of drug-likeness (QED) is 0.307. The van der Waals surface area contributed by atoms with Gasteiger partial charge in [0.1, 0.15) is 0 Å². The number of hydrogen-bond donors (Lipinski definition) is 2. The van der Waals surface area contributed by atoms with Crippen molar-refractivity contribution in [1.82, 2.24) is 10.6 Å². The Morgan fingerprint density at radius 2 is 2.05 bits per heavy atom. The van der Waals surface area contributed by atoms with Crippen molar-refractivity contribution in [2.24, 2.45) is 11.0 Å². The zero-order chi connectivity index (χ0) is 15.7. The second-order valence-corrected chi connectivity index (χ2v) is 4.83. The molecule has 0 aliphatic heterocycles. The number of rotatable bonds is 8. The molecule has 1 saturated carbocycles. The summed E-state index contributed by atoms with van der Waals surface area (Å²) < 4.78 is 9.06. The zero-order valence-corrected chi connectivity index (χ0v) is 12.2. The molecule has 21 heavy (non-hydrogen) atoms. The molecular formula is C12H21N5O4. The predicted molar refractivity (Wildman–Crippen MR) is 74.6 cm³/mol. The Morgan fingerprint density at radius 1 is 1.33 bits per heavy atom. The van der Waals surface area contributed by atoms with Gasteiger partial charge in [-0.25, -0.2) is 9.59 Å². The molecule has 1 aliphatic rings. The second kappa shape index (κ2) is 8.91. The average Bonchev–Trinajstić information content (AvgIpc) is 3.24. The van der Waals surface area contributed by atoms with E-state index in [2.05, 4.69) is 30.1 Å². The van der Waals surface area contributed by atoms with E-state index in [1.807, 2.05) is 0 Å². The van der Waals surface area contributed by atoms with E-state index in [1.54, 1.807) is 0 Å². The van der Waals surface area contributed by atoms with Crippen LogP contribution >= 0.6 is 0 Å². The van der Waals surface area contributed by atoms with Crippen LogP contribution in [0.3, 0.4) is 0 Å². The summed E-state index contributed by atoms with van der Waals surface area (Å²) in [5, 5.41) is 9.03. The van der Waals surface area contributed by atoms with Gasteiger partial charge in [0.15, 0.2) is 0 Å². The summed E-state index contributed by atoms with van der Waals surface area (Å²) >= 11 is 0. The highest BCUT2D eigenvalue weighted by molar-refractivity contribution is 5.67. The van der Waals surface area contributed by atoms with Crippen LogP contribution in [0.5, 0.6) is 0 Å². The van der Waals surface area contributed by atoms with Gasteiger partial charge < -0.3 is 20.1 Å². The fraction of sp³-hybridized carbons (Fsp3) is 0.833. The lowest BCUT2D eigenvalue weighted by Gasteiger charge is -2.17. The molecule has 1 rings (SSSR count). The van der Waals surface area contributed by atoms with Gasteiger partial charge in [0.2, 0.25) is 0 Å². The Labute approximate surface area is 123 Å². The van der Waals surface area contributed by atoms with Crippen molar-refractivity contribution in [3.63, 3.8) is 0 Å². The number of ether oxygens (including phenoxy) is 2. The van der Waals surface area contributed by atoms with Crippen LogP contribution in [-0.2, 0) is 9.47 Å². The number of nitrogens with zero attached hydrogens (tertiary/aromatic N) is 3. The van der Waals surface area contributed by atoms with Crippen molar-refractivity contribution in [3.8, 4) is 0 Å². The summed E-state index contributed by atoms with van der Waals surface area (Å²) in [7, 11) is 2.62. The highest BCUT2D eigenvalue weighted by Gasteiger charge is 2.42. The van der Waals surface area contributed by atoms with E-state index >= 15 is 0 Å². The Balaban J connectivity index is 2.31. The van der Waals surface area contributed by atoms with E-state index in [4.69, 9.17) is 5.53 Å². The van der Waals surface area contributed by atoms with E-state index in [0.717, 1.165) is 25.7 Å². The van der Waals surface area contributed by atoms with Crippen molar-refractivity contribution in [2.45, 2.75) is 37.8 Å². The van der Waals surface area contributed by atoms with E-state index in [9.17, 15) is 9.59 Å². The van der Waals surface area contributed by atoms with Gasteiger partial charge in [0.05, 0.1) is 14.2 Å². The van der Waals surface area contributed by atoms with Crippen LogP contribution in [0, 0.1) is 5.92 Å². The highest BCUT2D eigenvalue weighted by Crippen LogP contribution is 2.38. The smallest absolute Gasteiger partial charge is 0.407 e. The number of unbranched alkanes of at least 4 members (excludes halogenated alkanes) is 1.